The van der Waals surface area contributed by atoms with Crippen LogP contribution >= 0.6 is 0 Å². The fourth-order valence-corrected chi connectivity index (χ4v) is 5.30. The molecule has 0 radical (unpaired) electrons. The van der Waals surface area contributed by atoms with Crippen molar-refractivity contribution in [1.29, 1.82) is 0 Å². The van der Waals surface area contributed by atoms with Gasteiger partial charge in [0.1, 0.15) is 0 Å². The van der Waals surface area contributed by atoms with Gasteiger partial charge in [0.2, 0.25) is 0 Å². The van der Waals surface area contributed by atoms with Crippen molar-refractivity contribution in [3.63, 3.8) is 0 Å². The van der Waals surface area contributed by atoms with Gasteiger partial charge in [-0.1, -0.05) is 11.6 Å². The van der Waals surface area contributed by atoms with E-state index in [0.717, 1.165) is 11.8 Å². The monoisotopic (exact) mass is 229 g/mol. The highest BCUT2D eigenvalue weighted by Gasteiger charge is 2.56. The Balaban J connectivity index is 1.91. The van der Waals surface area contributed by atoms with Gasteiger partial charge in [-0.2, -0.15) is 0 Å². The van der Waals surface area contributed by atoms with Crippen LogP contribution in [0.4, 0.5) is 0 Å². The molecule has 0 aromatic rings. The highest BCUT2D eigenvalue weighted by Crippen LogP contribution is 2.58. The molecule has 1 heteroatoms. The molecule has 0 amide bonds. The fourth-order valence-electron chi connectivity index (χ4n) is 5.30. The molecule has 2 heterocycles. The van der Waals surface area contributed by atoms with Crippen LogP contribution in [-0.2, 0) is 0 Å². The van der Waals surface area contributed by atoms with E-state index in [0.29, 0.717) is 5.54 Å². The second-order valence-electron chi connectivity index (χ2n) is 6.79. The Hall–Kier alpha value is -0.560. The lowest BCUT2D eigenvalue weighted by molar-refractivity contribution is 0.177. The number of allylic oxidation sites excluding steroid dienone is 3. The van der Waals surface area contributed by atoms with Crippen LogP contribution in [0.1, 0.15) is 46.0 Å². The average molecular weight is 229 g/mol. The van der Waals surface area contributed by atoms with Crippen molar-refractivity contribution in [1.82, 2.24) is 4.90 Å². The highest BCUT2D eigenvalue weighted by molar-refractivity contribution is 5.45. The lowest BCUT2D eigenvalue weighted by Gasteiger charge is -2.38. The fraction of sp³-hybridized carbons (Fsp3) is 0.750. The molecule has 0 spiro atoms. The van der Waals surface area contributed by atoms with Crippen molar-refractivity contribution < 1.29 is 0 Å². The van der Waals surface area contributed by atoms with E-state index in [1.165, 1.54) is 45.2 Å². The maximum Gasteiger partial charge on any atom is 0.0429 e. The first-order valence-corrected chi connectivity index (χ1v) is 7.35. The zero-order chi connectivity index (χ0) is 11.6. The van der Waals surface area contributed by atoms with Crippen LogP contribution in [0.15, 0.2) is 22.8 Å². The average Bonchev–Trinajstić information content (AvgIpc) is 2.65. The quantitative estimate of drug-likeness (QED) is 0.614. The second kappa shape index (κ2) is 3.26. The van der Waals surface area contributed by atoms with Crippen LogP contribution in [0.3, 0.4) is 0 Å². The smallest absolute Gasteiger partial charge is 0.0429 e. The number of rotatable bonds is 0. The lowest BCUT2D eigenvalue weighted by atomic mass is 9.79. The molecule has 4 rings (SSSR count). The number of nitrogens with zero attached hydrogens (tertiary/aromatic N) is 1. The van der Waals surface area contributed by atoms with Gasteiger partial charge in [-0.15, -0.1) is 0 Å². The van der Waals surface area contributed by atoms with Crippen LogP contribution in [-0.4, -0.2) is 23.5 Å². The molecular weight excluding hydrogens is 206 g/mol. The summed E-state index contributed by atoms with van der Waals surface area (Å²) in [6, 6.07) is 0. The summed E-state index contributed by atoms with van der Waals surface area (Å²) in [4.78, 5) is 2.81. The van der Waals surface area contributed by atoms with Crippen LogP contribution in [0.2, 0.25) is 0 Å². The van der Waals surface area contributed by atoms with E-state index in [1.807, 2.05) is 5.57 Å². The zero-order valence-corrected chi connectivity index (χ0v) is 11.1. The minimum absolute atomic E-state index is 0.452. The van der Waals surface area contributed by atoms with Crippen LogP contribution in [0, 0.1) is 11.8 Å². The van der Waals surface area contributed by atoms with Gasteiger partial charge in [-0.05, 0) is 82.0 Å². The molecule has 0 bridgehead atoms. The molecule has 1 saturated carbocycles. The van der Waals surface area contributed by atoms with Crippen LogP contribution in [0.5, 0.6) is 0 Å². The highest BCUT2D eigenvalue weighted by atomic mass is 15.2. The summed E-state index contributed by atoms with van der Waals surface area (Å²) < 4.78 is 0. The molecule has 17 heavy (non-hydrogen) atoms. The van der Waals surface area contributed by atoms with Gasteiger partial charge in [0.25, 0.3) is 0 Å². The van der Waals surface area contributed by atoms with Gasteiger partial charge in [0.15, 0.2) is 0 Å². The summed E-state index contributed by atoms with van der Waals surface area (Å²) in [6.45, 7) is 7.58. The van der Waals surface area contributed by atoms with Gasteiger partial charge in [0.05, 0.1) is 0 Å². The predicted molar refractivity (Wildman–Crippen MR) is 70.8 cm³/mol. The first kappa shape index (κ1) is 10.4. The SMILES string of the molecule is CC1=CC2=C3C(C1)CC1CCN(CCC2)C31C. The molecule has 2 aliphatic carbocycles. The van der Waals surface area contributed by atoms with Gasteiger partial charge >= 0.3 is 0 Å². The molecular formula is C16H23N. The van der Waals surface area contributed by atoms with E-state index in [4.69, 9.17) is 0 Å². The normalized spacial score (nSPS) is 44.7. The topological polar surface area (TPSA) is 3.24 Å². The largest absolute Gasteiger partial charge is 0.294 e. The van der Waals surface area contributed by atoms with Crippen molar-refractivity contribution in [3.05, 3.63) is 22.8 Å². The molecule has 0 aromatic heterocycles. The summed E-state index contributed by atoms with van der Waals surface area (Å²) in [7, 11) is 0. The first-order chi connectivity index (χ1) is 8.19. The minimum Gasteiger partial charge on any atom is -0.294 e. The van der Waals surface area contributed by atoms with E-state index in [-0.39, 0.29) is 0 Å². The van der Waals surface area contributed by atoms with Crippen molar-refractivity contribution in [2.45, 2.75) is 51.5 Å². The molecule has 0 aromatic carbocycles. The Bertz CT molecular complexity index is 431. The number of hydrogen-bond acceptors (Lipinski definition) is 1. The third kappa shape index (κ3) is 1.19. The van der Waals surface area contributed by atoms with Crippen molar-refractivity contribution in [3.8, 4) is 0 Å². The van der Waals surface area contributed by atoms with Crippen molar-refractivity contribution in [2.75, 3.05) is 13.1 Å². The Morgan fingerprint density at radius 1 is 1.35 bits per heavy atom. The Morgan fingerprint density at radius 2 is 2.24 bits per heavy atom. The van der Waals surface area contributed by atoms with E-state index < -0.39 is 0 Å². The first-order valence-electron chi connectivity index (χ1n) is 7.35. The second-order valence-corrected chi connectivity index (χ2v) is 6.79. The van der Waals surface area contributed by atoms with Gasteiger partial charge in [-0.3, -0.25) is 4.90 Å². The molecule has 4 aliphatic rings. The van der Waals surface area contributed by atoms with Crippen molar-refractivity contribution in [2.24, 2.45) is 11.8 Å². The molecule has 1 nitrogen and oxygen atoms in total. The maximum absolute atomic E-state index is 2.81. The number of hydrogen-bond donors (Lipinski definition) is 0. The summed E-state index contributed by atoms with van der Waals surface area (Å²) >= 11 is 0. The Kier molecular flexibility index (Phi) is 1.99. The van der Waals surface area contributed by atoms with Gasteiger partial charge in [-0.25, -0.2) is 0 Å². The predicted octanol–water partition coefficient (Wildman–Crippen LogP) is 3.53. The molecule has 3 unspecified atom stereocenters. The van der Waals surface area contributed by atoms with E-state index >= 15 is 0 Å². The Morgan fingerprint density at radius 3 is 3.12 bits per heavy atom. The molecule has 1 saturated heterocycles. The van der Waals surface area contributed by atoms with Crippen molar-refractivity contribution >= 4 is 0 Å². The Labute approximate surface area is 105 Å². The maximum atomic E-state index is 2.81. The van der Waals surface area contributed by atoms with E-state index in [1.54, 1.807) is 11.1 Å². The van der Waals surface area contributed by atoms with Gasteiger partial charge in [0, 0.05) is 5.54 Å². The molecule has 2 fully saturated rings. The van der Waals surface area contributed by atoms with E-state index in [9.17, 15) is 0 Å². The summed E-state index contributed by atoms with van der Waals surface area (Å²) in [5.41, 5.74) is 5.68. The summed E-state index contributed by atoms with van der Waals surface area (Å²) in [6.07, 6.45) is 9.50. The molecule has 3 atom stereocenters. The third-order valence-electron chi connectivity index (χ3n) is 5.93. The molecule has 2 aliphatic heterocycles. The standard InChI is InChI=1S/C16H23N/c1-11-8-12-4-3-6-17-7-5-14-10-13(9-11)15(12)16(14,17)2/h8,13-14H,3-7,9-10H2,1-2H3. The van der Waals surface area contributed by atoms with Crippen LogP contribution in [0.25, 0.3) is 0 Å². The molecule has 92 valence electrons. The summed E-state index contributed by atoms with van der Waals surface area (Å²) in [5.74, 6) is 1.85. The van der Waals surface area contributed by atoms with Crippen LogP contribution < -0.4 is 0 Å². The zero-order valence-electron chi connectivity index (χ0n) is 11.1. The summed E-state index contributed by atoms with van der Waals surface area (Å²) in [5, 5.41) is 0. The molecule has 0 N–H and O–H groups in total. The minimum atomic E-state index is 0.452. The lowest BCUT2D eigenvalue weighted by Crippen LogP contribution is -2.44. The van der Waals surface area contributed by atoms with Gasteiger partial charge < -0.3 is 0 Å². The van der Waals surface area contributed by atoms with E-state index in [2.05, 4.69) is 24.8 Å². The third-order valence-corrected chi connectivity index (χ3v) is 5.93.